The Labute approximate surface area is 151 Å². The fourth-order valence-corrected chi connectivity index (χ4v) is 2.86. The van der Waals surface area contributed by atoms with Crippen LogP contribution in [-0.2, 0) is 20.9 Å². The first-order valence-corrected chi connectivity index (χ1v) is 9.18. The van der Waals surface area contributed by atoms with Gasteiger partial charge in [-0.1, -0.05) is 23.7 Å². The molecule has 1 rings (SSSR count). The lowest BCUT2D eigenvalue weighted by Gasteiger charge is -2.29. The highest BCUT2D eigenvalue weighted by atomic mass is 35.5. The number of ether oxygens (including phenoxy) is 1. The molecule has 24 heavy (non-hydrogen) atoms. The molecule has 1 unspecified atom stereocenters. The predicted octanol–water partition coefficient (Wildman–Crippen LogP) is 4.30. The quantitative estimate of drug-likeness (QED) is 0.613. The molecule has 0 aliphatic carbocycles. The van der Waals surface area contributed by atoms with Crippen LogP contribution in [0.1, 0.15) is 59.6 Å². The molecule has 0 saturated carbocycles. The third-order valence-corrected chi connectivity index (χ3v) is 4.86. The fourth-order valence-electron chi connectivity index (χ4n) is 1.86. The number of hydrogen-bond donors (Lipinski definition) is 1. The van der Waals surface area contributed by atoms with E-state index in [2.05, 4.69) is 4.72 Å². The van der Waals surface area contributed by atoms with Gasteiger partial charge in [0.2, 0.25) is 0 Å². The molecule has 0 aliphatic rings. The van der Waals surface area contributed by atoms with Gasteiger partial charge in [0.1, 0.15) is 16.2 Å². The van der Waals surface area contributed by atoms with Crippen molar-refractivity contribution in [3.63, 3.8) is 0 Å². The molecule has 7 heteroatoms. The van der Waals surface area contributed by atoms with Gasteiger partial charge in [-0.2, -0.15) is 0 Å². The summed E-state index contributed by atoms with van der Waals surface area (Å²) in [5.41, 5.74) is -0.469. The molecule has 1 aromatic carbocycles. The van der Waals surface area contributed by atoms with Gasteiger partial charge in [-0.05, 0) is 47.6 Å². The fraction of sp³-hybridized carbons (Fsp3) is 0.588. The summed E-state index contributed by atoms with van der Waals surface area (Å²) in [6.45, 7) is 10.6. The van der Waals surface area contributed by atoms with Crippen LogP contribution in [0.5, 0.6) is 0 Å². The van der Waals surface area contributed by atoms with Gasteiger partial charge in [0.05, 0.1) is 17.5 Å². The molecule has 0 aliphatic heterocycles. The average molecular weight is 378 g/mol. The summed E-state index contributed by atoms with van der Waals surface area (Å²) in [5, 5.41) is -0.0509. The molecule has 0 amide bonds. The molecular formula is C17H25ClFNO3S. The number of nitrogens with one attached hydrogen (secondary N) is 1. The summed E-state index contributed by atoms with van der Waals surface area (Å²) in [6.07, 6.45) is -0.156. The van der Waals surface area contributed by atoms with E-state index >= 15 is 0 Å². The van der Waals surface area contributed by atoms with Crippen LogP contribution in [0.2, 0.25) is 5.02 Å². The number of esters is 1. The van der Waals surface area contributed by atoms with E-state index in [-0.39, 0.29) is 17.0 Å². The largest absolute Gasteiger partial charge is 0.598 e. The van der Waals surface area contributed by atoms with Gasteiger partial charge in [-0.15, -0.1) is 4.72 Å². The van der Waals surface area contributed by atoms with Crippen molar-refractivity contribution in [2.24, 2.45) is 0 Å². The van der Waals surface area contributed by atoms with Crippen molar-refractivity contribution in [3.8, 4) is 0 Å². The van der Waals surface area contributed by atoms with E-state index in [0.717, 1.165) is 0 Å². The van der Waals surface area contributed by atoms with E-state index in [9.17, 15) is 13.7 Å². The molecule has 1 N–H and O–H groups in total. The second kappa shape index (κ2) is 8.04. The predicted molar refractivity (Wildman–Crippen MR) is 95.6 cm³/mol. The number of rotatable bonds is 5. The van der Waals surface area contributed by atoms with Gasteiger partial charge in [0.25, 0.3) is 0 Å². The van der Waals surface area contributed by atoms with Gasteiger partial charge in [0, 0.05) is 16.9 Å². The Balaban J connectivity index is 3.08. The van der Waals surface area contributed by atoms with Crippen LogP contribution in [-0.4, -0.2) is 20.9 Å². The molecule has 136 valence electrons. The monoisotopic (exact) mass is 377 g/mol. The maximum atomic E-state index is 14.4. The highest BCUT2D eigenvalue weighted by Gasteiger charge is 2.33. The molecule has 0 spiro atoms. The Morgan fingerprint density at radius 3 is 2.42 bits per heavy atom. The summed E-state index contributed by atoms with van der Waals surface area (Å²) >= 11 is 4.34. The zero-order valence-corrected chi connectivity index (χ0v) is 16.5. The van der Waals surface area contributed by atoms with Crippen LogP contribution in [0.3, 0.4) is 0 Å². The van der Waals surface area contributed by atoms with E-state index < -0.39 is 39.5 Å². The highest BCUT2D eigenvalue weighted by molar-refractivity contribution is 7.90. The number of hydrogen-bond acceptors (Lipinski definition) is 4. The topological polar surface area (TPSA) is 61.4 Å². The lowest BCUT2D eigenvalue weighted by molar-refractivity contribution is -0.155. The van der Waals surface area contributed by atoms with E-state index in [0.29, 0.717) is 0 Å². The Morgan fingerprint density at radius 1 is 1.33 bits per heavy atom. The standard InChI is InChI=1S/C17H25ClFNO3S/c1-16(2,3)23-14(21)10-13(20-24(22)17(4,5)6)11-8-7-9-12(18)15(11)19/h7-9,13,20H,10H2,1-6H3/t13?,24-/m1/s1. The van der Waals surface area contributed by atoms with Crippen molar-refractivity contribution in [2.45, 2.75) is 64.4 Å². The minimum atomic E-state index is -1.49. The second-order valence-corrected chi connectivity index (χ2v) is 9.89. The summed E-state index contributed by atoms with van der Waals surface area (Å²) in [4.78, 5) is 12.2. The molecule has 0 radical (unpaired) electrons. The highest BCUT2D eigenvalue weighted by Crippen LogP contribution is 2.28. The van der Waals surface area contributed by atoms with Crippen molar-refractivity contribution in [1.82, 2.24) is 4.72 Å². The summed E-state index contributed by atoms with van der Waals surface area (Å²) in [6, 6.07) is 3.72. The van der Waals surface area contributed by atoms with Crippen molar-refractivity contribution < 1.29 is 18.5 Å². The SMILES string of the molecule is CC(C)(C)OC(=O)CC(N[S@+]([O-])C(C)(C)C)c1cccc(Cl)c1F. The summed E-state index contributed by atoms with van der Waals surface area (Å²) in [5.74, 6) is -1.14. The maximum absolute atomic E-state index is 14.4. The lowest BCUT2D eigenvalue weighted by Crippen LogP contribution is -2.42. The Hall–Kier alpha value is -0.820. The van der Waals surface area contributed by atoms with Crippen LogP contribution >= 0.6 is 11.6 Å². The average Bonchev–Trinajstić information content (AvgIpc) is 2.37. The number of benzene rings is 1. The van der Waals surface area contributed by atoms with Gasteiger partial charge in [-0.25, -0.2) is 4.39 Å². The van der Waals surface area contributed by atoms with Gasteiger partial charge in [-0.3, -0.25) is 4.79 Å². The molecule has 0 saturated heterocycles. The van der Waals surface area contributed by atoms with Crippen molar-refractivity contribution in [1.29, 1.82) is 0 Å². The minimum Gasteiger partial charge on any atom is -0.598 e. The third-order valence-electron chi connectivity index (χ3n) is 2.95. The summed E-state index contributed by atoms with van der Waals surface area (Å²) < 4.78 is 34.3. The number of carbonyl (C=O) groups excluding carboxylic acids is 1. The van der Waals surface area contributed by atoms with Crippen molar-refractivity contribution in [2.75, 3.05) is 0 Å². The van der Waals surface area contributed by atoms with Crippen LogP contribution in [0, 0.1) is 5.82 Å². The Kier molecular flexibility index (Phi) is 7.11. The smallest absolute Gasteiger partial charge is 0.308 e. The molecule has 0 fully saturated rings. The van der Waals surface area contributed by atoms with E-state index in [1.54, 1.807) is 47.6 Å². The molecule has 1 aromatic rings. The van der Waals surface area contributed by atoms with Gasteiger partial charge in [0.15, 0.2) is 0 Å². The molecule has 4 nitrogen and oxygen atoms in total. The van der Waals surface area contributed by atoms with E-state index in [4.69, 9.17) is 16.3 Å². The zero-order chi connectivity index (χ0) is 18.7. The normalized spacial score (nSPS) is 15.0. The Morgan fingerprint density at radius 2 is 1.92 bits per heavy atom. The first-order valence-electron chi connectivity index (χ1n) is 7.65. The van der Waals surface area contributed by atoms with Crippen molar-refractivity contribution >= 4 is 28.9 Å². The van der Waals surface area contributed by atoms with Crippen LogP contribution in [0.4, 0.5) is 4.39 Å². The zero-order valence-electron chi connectivity index (χ0n) is 14.9. The molecule has 0 bridgehead atoms. The minimum absolute atomic E-state index is 0.0509. The van der Waals surface area contributed by atoms with Gasteiger partial charge < -0.3 is 9.29 Å². The van der Waals surface area contributed by atoms with Crippen LogP contribution in [0.15, 0.2) is 18.2 Å². The Bertz CT molecular complexity index is 584. The first kappa shape index (κ1) is 21.2. The van der Waals surface area contributed by atoms with Gasteiger partial charge >= 0.3 is 5.97 Å². The maximum Gasteiger partial charge on any atom is 0.308 e. The first-order chi connectivity index (χ1) is 10.8. The van der Waals surface area contributed by atoms with E-state index in [1.165, 1.54) is 12.1 Å². The molecule has 2 atom stereocenters. The third kappa shape index (κ3) is 6.59. The lowest BCUT2D eigenvalue weighted by atomic mass is 10.0. The molecular weight excluding hydrogens is 353 g/mol. The second-order valence-electron chi connectivity index (χ2n) is 7.49. The van der Waals surface area contributed by atoms with Crippen LogP contribution in [0.25, 0.3) is 0 Å². The summed E-state index contributed by atoms with van der Waals surface area (Å²) in [7, 11) is 0. The molecule has 0 heterocycles. The van der Waals surface area contributed by atoms with Crippen molar-refractivity contribution in [3.05, 3.63) is 34.6 Å². The van der Waals surface area contributed by atoms with Crippen LogP contribution < -0.4 is 4.72 Å². The number of carbonyl (C=O) groups is 1. The molecule has 0 aromatic heterocycles. The number of halogens is 2. The van der Waals surface area contributed by atoms with E-state index in [1.807, 2.05) is 0 Å².